The molecule has 0 atom stereocenters. The predicted molar refractivity (Wildman–Crippen MR) is 110 cm³/mol. The van der Waals surface area contributed by atoms with Crippen molar-refractivity contribution in [2.45, 2.75) is 6.54 Å². The number of hydrogen-bond acceptors (Lipinski definition) is 5. The Hall–Kier alpha value is -3.93. The van der Waals surface area contributed by atoms with E-state index in [1.54, 1.807) is 54.1 Å². The van der Waals surface area contributed by atoms with Crippen LogP contribution in [0.2, 0.25) is 0 Å². The zero-order valence-electron chi connectivity index (χ0n) is 15.7. The lowest BCUT2D eigenvalue weighted by Crippen LogP contribution is -2.17. The number of ether oxygens (including phenoxy) is 2. The van der Waals surface area contributed by atoms with Gasteiger partial charge in [0.05, 0.1) is 12.6 Å². The Morgan fingerprint density at radius 1 is 0.897 bits per heavy atom. The molecule has 0 radical (unpaired) electrons. The van der Waals surface area contributed by atoms with Crippen molar-refractivity contribution in [2.75, 3.05) is 7.11 Å². The number of hydrogen-bond donors (Lipinski definition) is 0. The summed E-state index contributed by atoms with van der Waals surface area (Å²) < 4.78 is 12.3. The zero-order chi connectivity index (χ0) is 20.2. The van der Waals surface area contributed by atoms with Crippen LogP contribution in [0, 0.1) is 0 Å². The lowest BCUT2D eigenvalue weighted by atomic mass is 10.2. The number of benzene rings is 2. The van der Waals surface area contributed by atoms with Crippen LogP contribution in [0.4, 0.5) is 0 Å². The molecule has 0 aliphatic heterocycles. The van der Waals surface area contributed by atoms with Gasteiger partial charge >= 0.3 is 5.97 Å². The number of fused-ring (bicyclic) bond motifs is 1. The fourth-order valence-corrected chi connectivity index (χ4v) is 3.09. The van der Waals surface area contributed by atoms with Gasteiger partial charge in [0.1, 0.15) is 29.4 Å². The second kappa shape index (κ2) is 7.98. The number of methoxy groups -OCH3 is 1. The third-order valence-corrected chi connectivity index (χ3v) is 4.46. The molecule has 1 aromatic heterocycles. The number of carbonyl (C=O) groups excluding carboxylic acids is 1. The lowest BCUT2D eigenvalue weighted by Gasteiger charge is -2.10. The maximum Gasteiger partial charge on any atom is 0.331 e. The first-order chi connectivity index (χ1) is 14.2. The summed E-state index contributed by atoms with van der Waals surface area (Å²) in [7, 11) is 1.57. The normalized spacial score (nSPS) is 10.7. The van der Waals surface area contributed by atoms with Gasteiger partial charge in [0.2, 0.25) is 5.43 Å². The van der Waals surface area contributed by atoms with Gasteiger partial charge in [-0.05, 0) is 36.4 Å². The Morgan fingerprint density at radius 2 is 1.55 bits per heavy atom. The Bertz CT molecular complexity index is 1220. The van der Waals surface area contributed by atoms with Gasteiger partial charge in [-0.25, -0.2) is 9.78 Å². The molecule has 1 heterocycles. The van der Waals surface area contributed by atoms with Gasteiger partial charge in [0.25, 0.3) is 0 Å². The van der Waals surface area contributed by atoms with Crippen molar-refractivity contribution in [3.8, 4) is 22.9 Å². The SMILES string of the molecule is COc1ccc(OC(=O)Cn2c(-c3ccccc3)nc3c(=O)ccccc32)cc1. The summed E-state index contributed by atoms with van der Waals surface area (Å²) in [5, 5.41) is 0. The van der Waals surface area contributed by atoms with Crippen LogP contribution >= 0.6 is 0 Å². The summed E-state index contributed by atoms with van der Waals surface area (Å²) in [6.07, 6.45) is 0. The van der Waals surface area contributed by atoms with Crippen LogP contribution in [0.25, 0.3) is 22.4 Å². The van der Waals surface area contributed by atoms with Crippen LogP contribution in [-0.2, 0) is 11.3 Å². The molecule has 3 aromatic carbocycles. The van der Waals surface area contributed by atoms with Gasteiger partial charge in [0.15, 0.2) is 0 Å². The van der Waals surface area contributed by atoms with Crippen LogP contribution in [0.5, 0.6) is 11.5 Å². The molecule has 29 heavy (non-hydrogen) atoms. The molecule has 4 rings (SSSR count). The van der Waals surface area contributed by atoms with Crippen molar-refractivity contribution < 1.29 is 14.3 Å². The molecule has 0 aliphatic carbocycles. The molecule has 0 spiro atoms. The lowest BCUT2D eigenvalue weighted by molar-refractivity contribution is -0.134. The van der Waals surface area contributed by atoms with Crippen LogP contribution < -0.4 is 14.9 Å². The Labute approximate surface area is 167 Å². The zero-order valence-corrected chi connectivity index (χ0v) is 15.7. The Kier molecular flexibility index (Phi) is 5.07. The van der Waals surface area contributed by atoms with Gasteiger partial charge in [-0.2, -0.15) is 0 Å². The first-order valence-corrected chi connectivity index (χ1v) is 9.05. The van der Waals surface area contributed by atoms with E-state index < -0.39 is 5.97 Å². The molecule has 0 saturated carbocycles. The monoisotopic (exact) mass is 386 g/mol. The van der Waals surface area contributed by atoms with Gasteiger partial charge in [-0.15, -0.1) is 0 Å². The number of carbonyl (C=O) groups is 1. The second-order valence-electron chi connectivity index (χ2n) is 6.35. The van der Waals surface area contributed by atoms with Crippen LogP contribution in [0.15, 0.2) is 83.7 Å². The van der Waals surface area contributed by atoms with Crippen LogP contribution in [0.1, 0.15) is 0 Å². The molecule has 144 valence electrons. The largest absolute Gasteiger partial charge is 0.497 e. The third kappa shape index (κ3) is 3.87. The van der Waals surface area contributed by atoms with Crippen molar-refractivity contribution in [2.24, 2.45) is 0 Å². The van der Waals surface area contributed by atoms with E-state index in [1.807, 2.05) is 30.3 Å². The van der Waals surface area contributed by atoms with E-state index in [0.29, 0.717) is 28.4 Å². The highest BCUT2D eigenvalue weighted by Gasteiger charge is 2.17. The summed E-state index contributed by atoms with van der Waals surface area (Å²) in [5.74, 6) is 1.16. The third-order valence-electron chi connectivity index (χ3n) is 4.46. The van der Waals surface area contributed by atoms with E-state index >= 15 is 0 Å². The molecule has 6 heteroatoms. The Morgan fingerprint density at radius 3 is 2.28 bits per heavy atom. The minimum absolute atomic E-state index is 0.0871. The number of nitrogens with zero attached hydrogens (tertiary/aromatic N) is 2. The topological polar surface area (TPSA) is 70.4 Å². The van der Waals surface area contributed by atoms with Crippen LogP contribution in [0.3, 0.4) is 0 Å². The van der Waals surface area contributed by atoms with Crippen LogP contribution in [-0.4, -0.2) is 22.6 Å². The van der Waals surface area contributed by atoms with Crippen molar-refractivity contribution in [1.29, 1.82) is 0 Å². The number of rotatable bonds is 5. The summed E-state index contributed by atoms with van der Waals surface area (Å²) in [6, 6.07) is 22.8. The standard InChI is InChI=1S/C23H18N2O4/c1-28-17-11-13-18(14-12-17)29-21(27)15-25-19-9-5-6-10-20(26)22(19)24-23(25)16-7-3-2-4-8-16/h2-14H,15H2,1H3. The van der Waals surface area contributed by atoms with E-state index in [9.17, 15) is 9.59 Å². The molecule has 0 saturated heterocycles. The number of imidazole rings is 1. The maximum atomic E-state index is 12.6. The van der Waals surface area contributed by atoms with E-state index in [1.165, 1.54) is 6.07 Å². The van der Waals surface area contributed by atoms with E-state index in [2.05, 4.69) is 4.98 Å². The second-order valence-corrected chi connectivity index (χ2v) is 6.35. The minimum atomic E-state index is -0.467. The fraction of sp³-hybridized carbons (Fsp3) is 0.0870. The summed E-state index contributed by atoms with van der Waals surface area (Å²) in [5.41, 5.74) is 1.49. The van der Waals surface area contributed by atoms with Crippen molar-refractivity contribution in [3.05, 3.63) is 89.1 Å². The molecule has 0 amide bonds. The average Bonchev–Trinajstić information content (AvgIpc) is 2.99. The Balaban J connectivity index is 1.73. The highest BCUT2D eigenvalue weighted by Crippen LogP contribution is 2.23. The number of aromatic nitrogens is 2. The maximum absolute atomic E-state index is 12.6. The molecule has 6 nitrogen and oxygen atoms in total. The molecule has 0 unspecified atom stereocenters. The summed E-state index contributed by atoms with van der Waals surface area (Å²) in [6.45, 7) is -0.0871. The van der Waals surface area contributed by atoms with E-state index in [0.717, 1.165) is 5.56 Å². The summed E-state index contributed by atoms with van der Waals surface area (Å²) >= 11 is 0. The number of esters is 1. The van der Waals surface area contributed by atoms with Gasteiger partial charge in [-0.3, -0.25) is 4.79 Å². The molecule has 4 aromatic rings. The quantitative estimate of drug-likeness (QED) is 0.387. The molecule has 0 bridgehead atoms. The van der Waals surface area contributed by atoms with Gasteiger partial charge < -0.3 is 14.0 Å². The predicted octanol–water partition coefficient (Wildman–Crippen LogP) is 3.68. The smallest absolute Gasteiger partial charge is 0.331 e. The first kappa shape index (κ1) is 18.4. The van der Waals surface area contributed by atoms with Crippen molar-refractivity contribution in [3.63, 3.8) is 0 Å². The van der Waals surface area contributed by atoms with Crippen molar-refractivity contribution >= 4 is 17.0 Å². The molecular weight excluding hydrogens is 368 g/mol. The minimum Gasteiger partial charge on any atom is -0.497 e. The molecule has 0 fully saturated rings. The average molecular weight is 386 g/mol. The molecular formula is C23H18N2O4. The van der Waals surface area contributed by atoms with E-state index in [-0.39, 0.29) is 12.0 Å². The highest BCUT2D eigenvalue weighted by molar-refractivity contribution is 5.83. The first-order valence-electron chi connectivity index (χ1n) is 9.05. The fourth-order valence-electron chi connectivity index (χ4n) is 3.09. The molecule has 0 aliphatic rings. The summed E-state index contributed by atoms with van der Waals surface area (Å²) in [4.78, 5) is 29.6. The van der Waals surface area contributed by atoms with Gasteiger partial charge in [-0.1, -0.05) is 42.5 Å². The van der Waals surface area contributed by atoms with Crippen molar-refractivity contribution in [1.82, 2.24) is 9.55 Å². The highest BCUT2D eigenvalue weighted by atomic mass is 16.5. The molecule has 0 N–H and O–H groups in total. The van der Waals surface area contributed by atoms with Gasteiger partial charge in [0, 0.05) is 5.56 Å². The van der Waals surface area contributed by atoms with E-state index in [4.69, 9.17) is 9.47 Å².